The molecule has 0 aliphatic heterocycles. The summed E-state index contributed by atoms with van der Waals surface area (Å²) in [6.07, 6.45) is 5.87. The molecule has 1 saturated carbocycles. The van der Waals surface area contributed by atoms with Gasteiger partial charge in [0.05, 0.1) is 10.7 Å². The minimum atomic E-state index is 0.171. The molecule has 1 aliphatic carbocycles. The van der Waals surface area contributed by atoms with Gasteiger partial charge in [0.2, 0.25) is 5.91 Å². The molecule has 0 bridgehead atoms. The first-order valence-corrected chi connectivity index (χ1v) is 7.73. The fourth-order valence-electron chi connectivity index (χ4n) is 2.67. The fourth-order valence-corrected chi connectivity index (χ4v) is 3.32. The van der Waals surface area contributed by atoms with E-state index in [2.05, 4.69) is 22.6 Å². The molecule has 1 N–H and O–H groups in total. The lowest BCUT2D eigenvalue weighted by atomic mass is 9.92. The first-order valence-electron chi connectivity index (χ1n) is 6.85. The molecule has 0 saturated heterocycles. The quantitative estimate of drug-likeness (QED) is 0.890. The zero-order valence-corrected chi connectivity index (χ0v) is 12.1. The summed E-state index contributed by atoms with van der Waals surface area (Å²) in [5, 5.41) is 6.21. The molecule has 1 aromatic heterocycles. The van der Waals surface area contributed by atoms with Crippen LogP contribution in [0.5, 0.6) is 0 Å². The molecular formula is C14H22N2OS. The van der Waals surface area contributed by atoms with Crippen LogP contribution in [0.4, 0.5) is 0 Å². The summed E-state index contributed by atoms with van der Waals surface area (Å²) < 4.78 is 0. The molecule has 100 valence electrons. The van der Waals surface area contributed by atoms with Crippen LogP contribution in [-0.4, -0.2) is 17.4 Å². The van der Waals surface area contributed by atoms with Crippen molar-refractivity contribution in [2.75, 3.05) is 6.54 Å². The summed E-state index contributed by atoms with van der Waals surface area (Å²) in [5.41, 5.74) is 1.09. The highest BCUT2D eigenvalue weighted by Gasteiger charge is 2.26. The Morgan fingerprint density at radius 2 is 2.28 bits per heavy atom. The van der Waals surface area contributed by atoms with Crippen LogP contribution in [-0.2, 0) is 11.2 Å². The molecule has 18 heavy (non-hydrogen) atoms. The second-order valence-electron chi connectivity index (χ2n) is 5.23. The van der Waals surface area contributed by atoms with E-state index in [1.54, 1.807) is 11.3 Å². The smallest absolute Gasteiger partial charge is 0.223 e. The average Bonchev–Trinajstić information content (AvgIpc) is 2.99. The molecule has 1 amide bonds. The van der Waals surface area contributed by atoms with Crippen molar-refractivity contribution in [2.45, 2.75) is 46.0 Å². The van der Waals surface area contributed by atoms with Crippen molar-refractivity contribution in [1.29, 1.82) is 0 Å². The number of rotatable bonds is 5. The van der Waals surface area contributed by atoms with E-state index in [0.29, 0.717) is 12.5 Å². The Bertz CT molecular complexity index is 396. The normalized spacial score (nSPS) is 17.9. The standard InChI is InChI=1S/C14H22N2OS/c1-10(12-5-3-4-6-12)14(17)15-8-7-13-9-18-11(2)16-13/h9-10,12H,3-8H2,1-2H3,(H,15,17). The van der Waals surface area contributed by atoms with Gasteiger partial charge in [-0.05, 0) is 25.7 Å². The van der Waals surface area contributed by atoms with E-state index in [1.165, 1.54) is 25.7 Å². The number of amides is 1. The van der Waals surface area contributed by atoms with Gasteiger partial charge in [0, 0.05) is 24.3 Å². The van der Waals surface area contributed by atoms with E-state index in [0.717, 1.165) is 17.1 Å². The molecular weight excluding hydrogens is 244 g/mol. The molecule has 1 fully saturated rings. The first kappa shape index (κ1) is 13.5. The van der Waals surface area contributed by atoms with E-state index in [9.17, 15) is 4.79 Å². The summed E-state index contributed by atoms with van der Waals surface area (Å²) in [6.45, 7) is 4.78. The molecule has 1 aliphatic rings. The molecule has 2 rings (SSSR count). The molecule has 3 nitrogen and oxygen atoms in total. The maximum Gasteiger partial charge on any atom is 0.223 e. The minimum Gasteiger partial charge on any atom is -0.355 e. The number of carbonyl (C=O) groups excluding carboxylic acids is 1. The number of aryl methyl sites for hydroxylation is 1. The van der Waals surface area contributed by atoms with Crippen LogP contribution >= 0.6 is 11.3 Å². The van der Waals surface area contributed by atoms with E-state index in [4.69, 9.17) is 0 Å². The lowest BCUT2D eigenvalue weighted by Gasteiger charge is -2.17. The Kier molecular flexibility index (Phi) is 4.75. The van der Waals surface area contributed by atoms with E-state index >= 15 is 0 Å². The van der Waals surface area contributed by atoms with Crippen molar-refractivity contribution in [3.05, 3.63) is 16.1 Å². The maximum absolute atomic E-state index is 12.0. The number of hydrogen-bond acceptors (Lipinski definition) is 3. The average molecular weight is 266 g/mol. The molecule has 0 aromatic carbocycles. The van der Waals surface area contributed by atoms with Gasteiger partial charge in [0.25, 0.3) is 0 Å². The molecule has 4 heteroatoms. The number of aromatic nitrogens is 1. The van der Waals surface area contributed by atoms with Gasteiger partial charge in [0.15, 0.2) is 0 Å². The number of carbonyl (C=O) groups is 1. The van der Waals surface area contributed by atoms with Gasteiger partial charge in [-0.15, -0.1) is 11.3 Å². The van der Waals surface area contributed by atoms with Gasteiger partial charge in [-0.1, -0.05) is 19.8 Å². The molecule has 1 heterocycles. The number of nitrogens with one attached hydrogen (secondary N) is 1. The Morgan fingerprint density at radius 1 is 1.56 bits per heavy atom. The Labute approximate surface area is 113 Å². The van der Waals surface area contributed by atoms with Crippen molar-refractivity contribution in [2.24, 2.45) is 11.8 Å². The van der Waals surface area contributed by atoms with Crippen LogP contribution in [0.3, 0.4) is 0 Å². The summed E-state index contributed by atoms with van der Waals surface area (Å²) >= 11 is 1.67. The molecule has 0 radical (unpaired) electrons. The summed E-state index contributed by atoms with van der Waals surface area (Å²) in [7, 11) is 0. The summed E-state index contributed by atoms with van der Waals surface area (Å²) in [5.74, 6) is 0.991. The van der Waals surface area contributed by atoms with Crippen LogP contribution in [0.25, 0.3) is 0 Å². The molecule has 1 atom stereocenters. The monoisotopic (exact) mass is 266 g/mol. The molecule has 1 unspecified atom stereocenters. The lowest BCUT2D eigenvalue weighted by molar-refractivity contribution is -0.125. The highest BCUT2D eigenvalue weighted by Crippen LogP contribution is 2.31. The number of hydrogen-bond donors (Lipinski definition) is 1. The summed E-state index contributed by atoms with van der Waals surface area (Å²) in [4.78, 5) is 16.4. The van der Waals surface area contributed by atoms with Gasteiger partial charge in [-0.2, -0.15) is 0 Å². The van der Waals surface area contributed by atoms with E-state index < -0.39 is 0 Å². The third-order valence-electron chi connectivity index (χ3n) is 3.87. The lowest BCUT2D eigenvalue weighted by Crippen LogP contribution is -2.34. The second-order valence-corrected chi connectivity index (χ2v) is 6.29. The molecule has 0 spiro atoms. The SMILES string of the molecule is Cc1nc(CCNC(=O)C(C)C2CCCC2)cs1. The van der Waals surface area contributed by atoms with Crippen LogP contribution in [0.2, 0.25) is 0 Å². The number of thiazole rings is 1. The highest BCUT2D eigenvalue weighted by atomic mass is 32.1. The molecule has 1 aromatic rings. The third-order valence-corrected chi connectivity index (χ3v) is 4.69. The summed E-state index contributed by atoms with van der Waals surface area (Å²) in [6, 6.07) is 0. The van der Waals surface area contributed by atoms with Gasteiger partial charge in [0.1, 0.15) is 0 Å². The predicted octanol–water partition coefficient (Wildman–Crippen LogP) is 2.94. The van der Waals surface area contributed by atoms with Gasteiger partial charge < -0.3 is 5.32 Å². The van der Waals surface area contributed by atoms with Crippen LogP contribution in [0, 0.1) is 18.8 Å². The maximum atomic E-state index is 12.0. The first-order chi connectivity index (χ1) is 8.66. The second kappa shape index (κ2) is 6.32. The largest absolute Gasteiger partial charge is 0.355 e. The van der Waals surface area contributed by atoms with Gasteiger partial charge in [-0.25, -0.2) is 4.98 Å². The van der Waals surface area contributed by atoms with Crippen LogP contribution in [0.1, 0.15) is 43.3 Å². The highest BCUT2D eigenvalue weighted by molar-refractivity contribution is 7.09. The van der Waals surface area contributed by atoms with E-state index in [-0.39, 0.29) is 11.8 Å². The van der Waals surface area contributed by atoms with Crippen molar-refractivity contribution in [3.8, 4) is 0 Å². The number of nitrogens with zero attached hydrogens (tertiary/aromatic N) is 1. The zero-order valence-electron chi connectivity index (χ0n) is 11.2. The van der Waals surface area contributed by atoms with Gasteiger partial charge in [-0.3, -0.25) is 4.79 Å². The fraction of sp³-hybridized carbons (Fsp3) is 0.714. The van der Waals surface area contributed by atoms with Crippen LogP contribution < -0.4 is 5.32 Å². The van der Waals surface area contributed by atoms with Crippen molar-refractivity contribution < 1.29 is 4.79 Å². The Morgan fingerprint density at radius 3 is 2.89 bits per heavy atom. The zero-order chi connectivity index (χ0) is 13.0. The topological polar surface area (TPSA) is 42.0 Å². The Hall–Kier alpha value is -0.900. The van der Waals surface area contributed by atoms with Gasteiger partial charge >= 0.3 is 0 Å². The Balaban J connectivity index is 1.71. The van der Waals surface area contributed by atoms with Crippen LogP contribution in [0.15, 0.2) is 5.38 Å². The van der Waals surface area contributed by atoms with Crippen molar-refractivity contribution in [1.82, 2.24) is 10.3 Å². The minimum absolute atomic E-state index is 0.171. The van der Waals surface area contributed by atoms with Crippen molar-refractivity contribution >= 4 is 17.2 Å². The third kappa shape index (κ3) is 3.55. The van der Waals surface area contributed by atoms with E-state index in [1.807, 2.05) is 6.92 Å². The predicted molar refractivity (Wildman–Crippen MR) is 74.7 cm³/mol. The van der Waals surface area contributed by atoms with Crippen molar-refractivity contribution in [3.63, 3.8) is 0 Å².